The maximum absolute atomic E-state index is 12.6. The average Bonchev–Trinajstić information content (AvgIpc) is 2.74. The number of aliphatic carboxylic acids is 1. The van der Waals surface area contributed by atoms with Crippen LogP contribution in [-0.2, 0) is 9.59 Å². The second kappa shape index (κ2) is 9.37. The molecule has 1 heterocycles. The van der Waals surface area contributed by atoms with Crippen molar-refractivity contribution in [1.82, 2.24) is 4.90 Å². The van der Waals surface area contributed by atoms with Crippen molar-refractivity contribution in [2.45, 2.75) is 32.1 Å². The van der Waals surface area contributed by atoms with Crippen molar-refractivity contribution >= 4 is 23.5 Å². The van der Waals surface area contributed by atoms with Crippen molar-refractivity contribution in [1.29, 1.82) is 0 Å². The summed E-state index contributed by atoms with van der Waals surface area (Å²) in [6.07, 6.45) is 1.34. The molecule has 1 aliphatic rings. The molecule has 1 fully saturated rings. The fourth-order valence-corrected chi connectivity index (χ4v) is 3.60. The van der Waals surface area contributed by atoms with Gasteiger partial charge in [0.2, 0.25) is 5.91 Å². The first-order chi connectivity index (χ1) is 13.9. The second-order valence-corrected chi connectivity index (χ2v) is 7.55. The monoisotopic (exact) mass is 394 g/mol. The minimum atomic E-state index is -0.793. The summed E-state index contributed by atoms with van der Waals surface area (Å²) in [6, 6.07) is 16.7. The lowest BCUT2D eigenvalue weighted by atomic mass is 9.96. The molecule has 152 valence electrons. The number of benzene rings is 2. The lowest BCUT2D eigenvalue weighted by molar-refractivity contribution is -0.143. The van der Waals surface area contributed by atoms with Crippen molar-refractivity contribution < 1.29 is 19.5 Å². The van der Waals surface area contributed by atoms with Crippen molar-refractivity contribution in [2.24, 2.45) is 5.92 Å². The van der Waals surface area contributed by atoms with E-state index < -0.39 is 5.97 Å². The van der Waals surface area contributed by atoms with Gasteiger partial charge in [0.05, 0.1) is 5.92 Å². The van der Waals surface area contributed by atoms with Crippen molar-refractivity contribution in [3.63, 3.8) is 0 Å². The highest BCUT2D eigenvalue weighted by molar-refractivity contribution is 5.96. The molecule has 1 atom stereocenters. The van der Waals surface area contributed by atoms with Gasteiger partial charge in [-0.05, 0) is 48.6 Å². The van der Waals surface area contributed by atoms with Crippen LogP contribution in [0, 0.1) is 5.92 Å². The standard InChI is InChI=1S/C23H26N2O4/c1-16(17-5-3-2-4-6-17)15-21(26)24-20-9-7-18(8-10-20)22(27)25-13-11-19(12-14-25)23(28)29/h2-10,16,19H,11-15H2,1H3,(H,24,26)(H,28,29). The number of carboxylic acids is 1. The average molecular weight is 394 g/mol. The van der Waals surface area contributed by atoms with Gasteiger partial charge in [-0.2, -0.15) is 0 Å². The van der Waals surface area contributed by atoms with Crippen LogP contribution in [0.3, 0.4) is 0 Å². The molecule has 0 bridgehead atoms. The Morgan fingerprint density at radius 2 is 1.66 bits per heavy atom. The molecule has 1 aliphatic heterocycles. The number of nitrogens with zero attached hydrogens (tertiary/aromatic N) is 1. The van der Waals surface area contributed by atoms with Gasteiger partial charge in [-0.25, -0.2) is 0 Å². The van der Waals surface area contributed by atoms with Crippen molar-refractivity contribution in [2.75, 3.05) is 18.4 Å². The van der Waals surface area contributed by atoms with Crippen LogP contribution >= 0.6 is 0 Å². The number of anilines is 1. The van der Waals surface area contributed by atoms with Gasteiger partial charge in [0.25, 0.3) is 5.91 Å². The molecule has 2 N–H and O–H groups in total. The van der Waals surface area contributed by atoms with Gasteiger partial charge in [0, 0.05) is 30.8 Å². The van der Waals surface area contributed by atoms with Gasteiger partial charge >= 0.3 is 5.97 Å². The summed E-state index contributed by atoms with van der Waals surface area (Å²) in [5.41, 5.74) is 2.31. The number of likely N-dealkylation sites (tertiary alicyclic amines) is 1. The van der Waals surface area contributed by atoms with E-state index in [9.17, 15) is 14.4 Å². The Morgan fingerprint density at radius 3 is 2.24 bits per heavy atom. The van der Waals surface area contributed by atoms with Gasteiger partial charge in [-0.15, -0.1) is 0 Å². The summed E-state index contributed by atoms with van der Waals surface area (Å²) < 4.78 is 0. The largest absolute Gasteiger partial charge is 0.481 e. The Balaban J connectivity index is 1.52. The van der Waals surface area contributed by atoms with Crippen LogP contribution < -0.4 is 5.32 Å². The van der Waals surface area contributed by atoms with Crippen LogP contribution in [0.2, 0.25) is 0 Å². The highest BCUT2D eigenvalue weighted by Gasteiger charge is 2.27. The fourth-order valence-electron chi connectivity index (χ4n) is 3.60. The molecule has 2 amide bonds. The number of carbonyl (C=O) groups excluding carboxylic acids is 2. The number of carboxylic acid groups (broad SMARTS) is 1. The number of hydrogen-bond donors (Lipinski definition) is 2. The van der Waals surface area contributed by atoms with Crippen LogP contribution in [0.5, 0.6) is 0 Å². The zero-order valence-corrected chi connectivity index (χ0v) is 16.5. The van der Waals surface area contributed by atoms with E-state index in [1.807, 2.05) is 37.3 Å². The summed E-state index contributed by atoms with van der Waals surface area (Å²) >= 11 is 0. The third-order valence-electron chi connectivity index (χ3n) is 5.41. The van der Waals surface area contributed by atoms with Crippen LogP contribution in [0.25, 0.3) is 0 Å². The van der Waals surface area contributed by atoms with E-state index in [4.69, 9.17) is 5.11 Å². The van der Waals surface area contributed by atoms with E-state index in [2.05, 4.69) is 5.32 Å². The minimum absolute atomic E-state index is 0.0730. The SMILES string of the molecule is CC(CC(=O)Nc1ccc(C(=O)N2CCC(C(=O)O)CC2)cc1)c1ccccc1. The third-order valence-corrected chi connectivity index (χ3v) is 5.41. The Labute approximate surface area is 170 Å². The molecule has 6 heteroatoms. The number of amides is 2. The van der Waals surface area contributed by atoms with E-state index in [-0.39, 0.29) is 23.7 Å². The zero-order valence-electron chi connectivity index (χ0n) is 16.5. The van der Waals surface area contributed by atoms with Crippen LogP contribution in [0.1, 0.15) is 48.0 Å². The number of rotatable bonds is 6. The van der Waals surface area contributed by atoms with E-state index in [1.54, 1.807) is 29.2 Å². The van der Waals surface area contributed by atoms with Gasteiger partial charge in [0.15, 0.2) is 0 Å². The minimum Gasteiger partial charge on any atom is -0.481 e. The number of piperidine rings is 1. The summed E-state index contributed by atoms with van der Waals surface area (Å²) in [6.45, 7) is 2.92. The van der Waals surface area contributed by atoms with Crippen molar-refractivity contribution in [3.8, 4) is 0 Å². The molecule has 29 heavy (non-hydrogen) atoms. The highest BCUT2D eigenvalue weighted by Crippen LogP contribution is 2.21. The van der Waals surface area contributed by atoms with E-state index in [0.29, 0.717) is 43.6 Å². The molecule has 0 saturated carbocycles. The smallest absolute Gasteiger partial charge is 0.306 e. The maximum atomic E-state index is 12.6. The molecule has 0 aliphatic carbocycles. The topological polar surface area (TPSA) is 86.7 Å². The molecule has 1 unspecified atom stereocenters. The Kier molecular flexibility index (Phi) is 6.65. The predicted molar refractivity (Wildman–Crippen MR) is 111 cm³/mol. The number of carbonyl (C=O) groups is 3. The molecule has 3 rings (SSSR count). The Bertz CT molecular complexity index is 856. The predicted octanol–water partition coefficient (Wildman–Crippen LogP) is 3.76. The highest BCUT2D eigenvalue weighted by atomic mass is 16.4. The molecule has 1 saturated heterocycles. The molecule has 6 nitrogen and oxygen atoms in total. The fraction of sp³-hybridized carbons (Fsp3) is 0.348. The van der Waals surface area contributed by atoms with Gasteiger partial charge in [-0.1, -0.05) is 37.3 Å². The summed E-state index contributed by atoms with van der Waals surface area (Å²) in [5, 5.41) is 11.9. The molecule has 2 aromatic rings. The van der Waals surface area contributed by atoms with Gasteiger partial charge in [-0.3, -0.25) is 14.4 Å². The first kappa shape index (κ1) is 20.6. The quantitative estimate of drug-likeness (QED) is 0.781. The molecular weight excluding hydrogens is 368 g/mol. The Hall–Kier alpha value is -3.15. The van der Waals surface area contributed by atoms with Crippen molar-refractivity contribution in [3.05, 3.63) is 65.7 Å². The number of nitrogens with one attached hydrogen (secondary N) is 1. The van der Waals surface area contributed by atoms with E-state index in [0.717, 1.165) is 5.56 Å². The van der Waals surface area contributed by atoms with Gasteiger partial charge < -0.3 is 15.3 Å². The van der Waals surface area contributed by atoms with E-state index >= 15 is 0 Å². The molecule has 2 aromatic carbocycles. The summed E-state index contributed by atoms with van der Waals surface area (Å²) in [4.78, 5) is 37.6. The van der Waals surface area contributed by atoms with Gasteiger partial charge in [0.1, 0.15) is 0 Å². The lowest BCUT2D eigenvalue weighted by Gasteiger charge is -2.30. The second-order valence-electron chi connectivity index (χ2n) is 7.55. The first-order valence-corrected chi connectivity index (χ1v) is 9.91. The summed E-state index contributed by atoms with van der Waals surface area (Å²) in [7, 11) is 0. The molecule has 0 aromatic heterocycles. The maximum Gasteiger partial charge on any atom is 0.306 e. The normalized spacial score (nSPS) is 15.6. The molecular formula is C23H26N2O4. The van der Waals surface area contributed by atoms with Crippen LogP contribution in [0.15, 0.2) is 54.6 Å². The first-order valence-electron chi connectivity index (χ1n) is 9.91. The zero-order chi connectivity index (χ0) is 20.8. The summed E-state index contributed by atoms with van der Waals surface area (Å²) in [5.74, 6) is -1.22. The molecule has 0 spiro atoms. The van der Waals surface area contributed by atoms with E-state index in [1.165, 1.54) is 0 Å². The van der Waals surface area contributed by atoms with Crippen LogP contribution in [0.4, 0.5) is 5.69 Å². The lowest BCUT2D eigenvalue weighted by Crippen LogP contribution is -2.40. The number of hydrogen-bond acceptors (Lipinski definition) is 3. The molecule has 0 radical (unpaired) electrons. The third kappa shape index (κ3) is 5.44. The Morgan fingerprint density at radius 1 is 1.03 bits per heavy atom. The van der Waals surface area contributed by atoms with Crippen LogP contribution in [-0.4, -0.2) is 40.9 Å².